The van der Waals surface area contributed by atoms with Crippen LogP contribution in [0.25, 0.3) is 0 Å². The highest BCUT2D eigenvalue weighted by Crippen LogP contribution is 2.53. The molecule has 2 aliphatic rings. The molecule has 3 aromatic rings. The molecule has 1 fully saturated rings. The molecule has 9 nitrogen and oxygen atoms in total. The molecule has 37 heavy (non-hydrogen) atoms. The second-order valence-electron chi connectivity index (χ2n) is 10.6. The van der Waals surface area contributed by atoms with Gasteiger partial charge in [0.2, 0.25) is 5.95 Å². The molecule has 0 saturated carbocycles. The van der Waals surface area contributed by atoms with Crippen LogP contribution in [0, 0.1) is 5.41 Å². The number of piperidine rings is 1. The van der Waals surface area contributed by atoms with Crippen LogP contribution in [0.3, 0.4) is 0 Å². The van der Waals surface area contributed by atoms with Gasteiger partial charge in [-0.25, -0.2) is 19.9 Å². The highest BCUT2D eigenvalue weighted by atomic mass is 32.2. The van der Waals surface area contributed by atoms with Gasteiger partial charge in [0.05, 0.1) is 18.8 Å². The van der Waals surface area contributed by atoms with Gasteiger partial charge in [-0.3, -0.25) is 0 Å². The van der Waals surface area contributed by atoms with Crippen LogP contribution in [-0.4, -0.2) is 47.4 Å². The Morgan fingerprint density at radius 1 is 1.16 bits per heavy atom. The Labute approximate surface area is 225 Å². The summed E-state index contributed by atoms with van der Waals surface area (Å²) in [5.41, 5.74) is 8.81. The molecular formula is C26H33N7O2S2. The first-order valence-corrected chi connectivity index (χ1v) is 14.4. The highest BCUT2D eigenvalue weighted by molar-refractivity contribution is 7.99. The van der Waals surface area contributed by atoms with Crippen LogP contribution in [0.1, 0.15) is 56.5 Å². The monoisotopic (exact) mass is 539 g/mol. The van der Waals surface area contributed by atoms with E-state index in [0.29, 0.717) is 21.6 Å². The lowest BCUT2D eigenvalue weighted by atomic mass is 9.73. The summed E-state index contributed by atoms with van der Waals surface area (Å²) in [6.45, 7) is 7.37. The molecule has 1 aliphatic carbocycles. The van der Waals surface area contributed by atoms with Crippen molar-refractivity contribution in [3.05, 3.63) is 59.5 Å². The minimum atomic E-state index is -1.17. The van der Waals surface area contributed by atoms with E-state index in [9.17, 15) is 9.66 Å². The number of anilines is 2. The SMILES string of the molecule is CC(C)(C)[S+]([O-])N[C@@H]1c2ccccc2CC12CCN(c1ncc(Sc3ccnc(N)n3)nc1CO)CC2. The number of nitrogens with zero attached hydrogens (tertiary/aromatic N) is 5. The fourth-order valence-corrected chi connectivity index (χ4v) is 6.92. The summed E-state index contributed by atoms with van der Waals surface area (Å²) in [7, 11) is 0. The maximum Gasteiger partial charge on any atom is 0.221 e. The van der Waals surface area contributed by atoms with Crippen molar-refractivity contribution < 1.29 is 9.66 Å². The average molecular weight is 540 g/mol. The number of nitrogen functional groups attached to an aromatic ring is 1. The quantitative estimate of drug-likeness (QED) is 0.316. The van der Waals surface area contributed by atoms with Crippen molar-refractivity contribution in [2.24, 2.45) is 5.41 Å². The van der Waals surface area contributed by atoms with Gasteiger partial charge in [0, 0.05) is 36.1 Å². The van der Waals surface area contributed by atoms with Crippen LogP contribution in [0.4, 0.5) is 11.8 Å². The second kappa shape index (κ2) is 10.4. The number of hydrogen-bond donors (Lipinski definition) is 3. The Hall–Kier alpha value is -2.44. The van der Waals surface area contributed by atoms with Crippen molar-refractivity contribution >= 4 is 34.9 Å². The smallest absolute Gasteiger partial charge is 0.221 e. The highest BCUT2D eigenvalue weighted by Gasteiger charge is 2.50. The molecule has 1 unspecified atom stereocenters. The number of fused-ring (bicyclic) bond motifs is 1. The molecule has 4 N–H and O–H groups in total. The van der Waals surface area contributed by atoms with E-state index in [4.69, 9.17) is 5.73 Å². The van der Waals surface area contributed by atoms with E-state index in [1.807, 2.05) is 20.8 Å². The summed E-state index contributed by atoms with van der Waals surface area (Å²) in [6.07, 6.45) is 6.12. The zero-order valence-corrected chi connectivity index (χ0v) is 23.0. The topological polar surface area (TPSA) is 136 Å². The number of aliphatic hydroxyl groups is 1. The summed E-state index contributed by atoms with van der Waals surface area (Å²) in [4.78, 5) is 19.7. The van der Waals surface area contributed by atoms with Crippen molar-refractivity contribution in [2.75, 3.05) is 23.7 Å². The molecule has 0 radical (unpaired) electrons. The van der Waals surface area contributed by atoms with E-state index >= 15 is 0 Å². The number of rotatable bonds is 6. The lowest BCUT2D eigenvalue weighted by molar-refractivity contribution is 0.175. The number of nitrogens with two attached hydrogens (primary N) is 1. The van der Waals surface area contributed by atoms with Crippen LogP contribution < -0.4 is 15.4 Å². The molecule has 1 saturated heterocycles. The Bertz CT molecular complexity index is 1260. The first-order chi connectivity index (χ1) is 17.7. The number of aromatic nitrogens is 4. The maximum atomic E-state index is 13.1. The van der Waals surface area contributed by atoms with Crippen molar-refractivity contribution in [2.45, 2.75) is 67.5 Å². The Balaban J connectivity index is 1.34. The molecule has 2 atom stereocenters. The third kappa shape index (κ3) is 5.42. The van der Waals surface area contributed by atoms with E-state index in [-0.39, 0.29) is 28.8 Å². The molecule has 0 amide bonds. The van der Waals surface area contributed by atoms with E-state index < -0.39 is 11.4 Å². The normalized spacial score (nSPS) is 19.7. The van der Waals surface area contributed by atoms with Crippen LogP contribution >= 0.6 is 11.8 Å². The molecule has 11 heteroatoms. The fraction of sp³-hybridized carbons (Fsp3) is 0.462. The van der Waals surface area contributed by atoms with Gasteiger partial charge in [-0.15, -0.1) is 4.72 Å². The van der Waals surface area contributed by atoms with Gasteiger partial charge in [-0.1, -0.05) is 24.3 Å². The Morgan fingerprint density at radius 2 is 1.92 bits per heavy atom. The standard InChI is InChI=1S/C26H33N7O2S2/c1-25(2,3)37(35)32-22-18-7-5-4-6-17(18)14-26(22)9-12-33(13-10-26)23-19(16-34)30-21(15-29-23)36-20-8-11-28-24(27)31-20/h4-8,11,15,22,32,34H,9-10,12-14,16H2,1-3H3,(H2,27,28,31)/t22-,37?/m1/s1. The minimum absolute atomic E-state index is 0.0172. The van der Waals surface area contributed by atoms with Gasteiger partial charge in [0.15, 0.2) is 5.82 Å². The predicted molar refractivity (Wildman–Crippen MR) is 146 cm³/mol. The van der Waals surface area contributed by atoms with E-state index in [1.165, 1.54) is 22.9 Å². The molecule has 1 aliphatic heterocycles. The van der Waals surface area contributed by atoms with Crippen LogP contribution in [0.5, 0.6) is 0 Å². The number of aliphatic hydroxyl groups excluding tert-OH is 1. The van der Waals surface area contributed by atoms with Gasteiger partial charge in [-0.2, -0.15) is 0 Å². The third-order valence-electron chi connectivity index (χ3n) is 7.17. The molecule has 1 spiro atoms. The predicted octanol–water partition coefficient (Wildman–Crippen LogP) is 3.43. The summed E-state index contributed by atoms with van der Waals surface area (Å²) in [5.74, 6) is 0.912. The van der Waals surface area contributed by atoms with Crippen LogP contribution in [0.15, 0.2) is 52.8 Å². The average Bonchev–Trinajstić information content (AvgIpc) is 3.16. The molecule has 0 bridgehead atoms. The van der Waals surface area contributed by atoms with Gasteiger partial charge in [0.1, 0.15) is 20.5 Å². The number of nitrogens with one attached hydrogen (secondary N) is 1. The zero-order chi connectivity index (χ0) is 26.2. The van der Waals surface area contributed by atoms with Crippen LogP contribution in [-0.2, 0) is 24.4 Å². The molecule has 1 aromatic carbocycles. The third-order valence-corrected chi connectivity index (χ3v) is 9.57. The molecule has 196 valence electrons. The summed E-state index contributed by atoms with van der Waals surface area (Å²) >= 11 is 0.160. The Kier molecular flexibility index (Phi) is 7.34. The summed E-state index contributed by atoms with van der Waals surface area (Å²) in [5, 5.41) is 11.4. The van der Waals surface area contributed by atoms with Gasteiger partial charge >= 0.3 is 0 Å². The first-order valence-electron chi connectivity index (χ1n) is 12.4. The maximum absolute atomic E-state index is 13.1. The molecule has 3 heterocycles. The molecular weight excluding hydrogens is 506 g/mol. The largest absolute Gasteiger partial charge is 0.598 e. The first kappa shape index (κ1) is 26.2. The lowest BCUT2D eigenvalue weighted by Crippen LogP contribution is -2.50. The summed E-state index contributed by atoms with van der Waals surface area (Å²) < 4.78 is 16.3. The molecule has 2 aromatic heterocycles. The number of hydrogen-bond acceptors (Lipinski definition) is 10. The van der Waals surface area contributed by atoms with Crippen molar-refractivity contribution in [3.8, 4) is 0 Å². The lowest BCUT2D eigenvalue weighted by Gasteiger charge is -2.44. The van der Waals surface area contributed by atoms with E-state index in [1.54, 1.807) is 18.5 Å². The second-order valence-corrected chi connectivity index (χ2v) is 13.7. The van der Waals surface area contributed by atoms with Gasteiger partial charge in [0.25, 0.3) is 0 Å². The fourth-order valence-electron chi connectivity index (χ4n) is 5.23. The molecule has 5 rings (SSSR count). The van der Waals surface area contributed by atoms with Gasteiger partial charge < -0.3 is 20.3 Å². The van der Waals surface area contributed by atoms with Crippen molar-refractivity contribution in [3.63, 3.8) is 0 Å². The van der Waals surface area contributed by atoms with Crippen LogP contribution in [0.2, 0.25) is 0 Å². The van der Waals surface area contributed by atoms with E-state index in [0.717, 1.165) is 32.4 Å². The van der Waals surface area contributed by atoms with Crippen molar-refractivity contribution in [1.29, 1.82) is 0 Å². The zero-order valence-electron chi connectivity index (χ0n) is 21.3. The summed E-state index contributed by atoms with van der Waals surface area (Å²) in [6, 6.07) is 10.3. The van der Waals surface area contributed by atoms with E-state index in [2.05, 4.69) is 53.8 Å². The van der Waals surface area contributed by atoms with Crippen molar-refractivity contribution in [1.82, 2.24) is 24.7 Å². The minimum Gasteiger partial charge on any atom is -0.598 e. The number of benzene rings is 1. The Morgan fingerprint density at radius 3 is 2.62 bits per heavy atom. The van der Waals surface area contributed by atoms with Gasteiger partial charge in [-0.05, 0) is 69.0 Å².